The topological polar surface area (TPSA) is 60.7 Å². The van der Waals surface area contributed by atoms with Crippen molar-refractivity contribution in [2.75, 3.05) is 19.8 Å². The van der Waals surface area contributed by atoms with E-state index in [0.717, 1.165) is 5.76 Å². The van der Waals surface area contributed by atoms with Gasteiger partial charge in [0, 0.05) is 5.56 Å². The Morgan fingerprint density at radius 1 is 1.15 bits per heavy atom. The van der Waals surface area contributed by atoms with Crippen molar-refractivity contribution in [2.24, 2.45) is 0 Å². The number of furan rings is 1. The molecule has 0 amide bonds. The highest BCUT2D eigenvalue weighted by Gasteiger charge is 2.14. The molecule has 0 saturated carbocycles. The monoisotopic (exact) mass is 273 g/mol. The van der Waals surface area contributed by atoms with E-state index in [2.05, 4.69) is 5.32 Å². The summed E-state index contributed by atoms with van der Waals surface area (Å²) in [6.07, 6.45) is 1.61. The van der Waals surface area contributed by atoms with Gasteiger partial charge >= 0.3 is 0 Å². The number of ether oxygens (including phenoxy) is 2. The van der Waals surface area contributed by atoms with Crippen LogP contribution in [0.3, 0.4) is 0 Å². The van der Waals surface area contributed by atoms with Crippen molar-refractivity contribution < 1.29 is 18.7 Å². The predicted molar refractivity (Wildman–Crippen MR) is 72.2 cm³/mol. The van der Waals surface area contributed by atoms with Crippen LogP contribution in [-0.4, -0.2) is 25.5 Å². The van der Waals surface area contributed by atoms with Crippen molar-refractivity contribution in [3.05, 3.63) is 47.9 Å². The third-order valence-electron chi connectivity index (χ3n) is 3.03. The van der Waals surface area contributed by atoms with Crippen LogP contribution in [0.5, 0.6) is 11.5 Å². The third kappa shape index (κ3) is 2.83. The Kier molecular flexibility index (Phi) is 3.69. The molecular formula is C15H15NO4. The normalized spacial score (nSPS) is 13.2. The molecule has 0 bridgehead atoms. The summed E-state index contributed by atoms with van der Waals surface area (Å²) in [5.74, 6) is 2.14. The average molecular weight is 273 g/mol. The first-order valence-corrected chi connectivity index (χ1v) is 6.49. The van der Waals surface area contributed by atoms with Gasteiger partial charge in [-0.25, -0.2) is 0 Å². The lowest BCUT2D eigenvalue weighted by Crippen LogP contribution is -2.23. The smallest absolute Gasteiger partial charge is 0.176 e. The Morgan fingerprint density at radius 3 is 2.80 bits per heavy atom. The molecule has 5 nitrogen and oxygen atoms in total. The van der Waals surface area contributed by atoms with Gasteiger partial charge in [-0.2, -0.15) is 0 Å². The molecule has 3 rings (SSSR count). The highest BCUT2D eigenvalue weighted by molar-refractivity contribution is 5.98. The molecule has 0 saturated heterocycles. The molecule has 0 fully saturated rings. The second-order valence-corrected chi connectivity index (χ2v) is 4.46. The quantitative estimate of drug-likeness (QED) is 0.844. The molecule has 5 heteroatoms. The predicted octanol–water partition coefficient (Wildman–Crippen LogP) is 2.02. The highest BCUT2D eigenvalue weighted by atomic mass is 16.6. The van der Waals surface area contributed by atoms with Crippen molar-refractivity contribution in [2.45, 2.75) is 6.54 Å². The van der Waals surface area contributed by atoms with Crippen LogP contribution in [0.1, 0.15) is 16.1 Å². The van der Waals surface area contributed by atoms with Gasteiger partial charge in [0.15, 0.2) is 17.3 Å². The fraction of sp³-hybridized carbons (Fsp3) is 0.267. The Bertz CT molecular complexity index is 592. The van der Waals surface area contributed by atoms with Gasteiger partial charge in [-0.15, -0.1) is 0 Å². The first kappa shape index (κ1) is 12.7. The molecule has 1 aliphatic heterocycles. The number of ketones is 1. The summed E-state index contributed by atoms with van der Waals surface area (Å²) in [5.41, 5.74) is 0.612. The van der Waals surface area contributed by atoms with E-state index in [-0.39, 0.29) is 12.3 Å². The van der Waals surface area contributed by atoms with Gasteiger partial charge in [0.05, 0.1) is 19.4 Å². The number of rotatable bonds is 5. The summed E-state index contributed by atoms with van der Waals surface area (Å²) in [4.78, 5) is 12.1. The number of carbonyl (C=O) groups excluding carboxylic acids is 1. The van der Waals surface area contributed by atoms with E-state index in [9.17, 15) is 4.79 Å². The fourth-order valence-corrected chi connectivity index (χ4v) is 2.03. The summed E-state index contributed by atoms with van der Waals surface area (Å²) in [7, 11) is 0. The van der Waals surface area contributed by atoms with Gasteiger partial charge < -0.3 is 19.2 Å². The Labute approximate surface area is 116 Å². The third-order valence-corrected chi connectivity index (χ3v) is 3.03. The van der Waals surface area contributed by atoms with Crippen molar-refractivity contribution in [1.29, 1.82) is 0 Å². The number of Topliss-reactive ketones (excluding diaryl/α,β-unsaturated/α-hetero) is 1. The fourth-order valence-electron chi connectivity index (χ4n) is 2.03. The summed E-state index contributed by atoms with van der Waals surface area (Å²) in [5, 5.41) is 3.05. The van der Waals surface area contributed by atoms with Gasteiger partial charge in [-0.3, -0.25) is 4.79 Å². The molecule has 1 aromatic carbocycles. The minimum atomic E-state index is 0.00790. The van der Waals surface area contributed by atoms with E-state index in [1.165, 1.54) is 0 Å². The molecule has 2 aromatic rings. The first-order chi connectivity index (χ1) is 9.83. The summed E-state index contributed by atoms with van der Waals surface area (Å²) in [6, 6.07) is 8.94. The van der Waals surface area contributed by atoms with Gasteiger partial charge in [-0.05, 0) is 30.3 Å². The minimum Gasteiger partial charge on any atom is -0.486 e. The van der Waals surface area contributed by atoms with E-state index < -0.39 is 0 Å². The van der Waals surface area contributed by atoms with E-state index in [0.29, 0.717) is 36.8 Å². The van der Waals surface area contributed by atoms with Crippen LogP contribution in [0, 0.1) is 0 Å². The maximum Gasteiger partial charge on any atom is 0.176 e. The van der Waals surface area contributed by atoms with Crippen LogP contribution in [0.15, 0.2) is 41.0 Å². The lowest BCUT2D eigenvalue weighted by atomic mass is 10.1. The first-order valence-electron chi connectivity index (χ1n) is 6.49. The van der Waals surface area contributed by atoms with Crippen LogP contribution < -0.4 is 14.8 Å². The minimum absolute atomic E-state index is 0.00790. The second-order valence-electron chi connectivity index (χ2n) is 4.46. The maximum atomic E-state index is 12.1. The number of benzene rings is 1. The summed E-state index contributed by atoms with van der Waals surface area (Å²) < 4.78 is 16.1. The van der Waals surface area contributed by atoms with Crippen molar-refractivity contribution >= 4 is 5.78 Å². The standard InChI is InChI=1S/C15H15NO4/c17-13(10-16-9-12-2-1-5-18-12)11-3-4-14-15(8-11)20-7-6-19-14/h1-5,8,16H,6-7,9-10H2. The van der Waals surface area contributed by atoms with Gasteiger partial charge in [0.25, 0.3) is 0 Å². The van der Waals surface area contributed by atoms with E-state index in [4.69, 9.17) is 13.9 Å². The van der Waals surface area contributed by atoms with E-state index in [1.54, 1.807) is 24.5 Å². The van der Waals surface area contributed by atoms with Crippen LogP contribution in [-0.2, 0) is 6.54 Å². The number of carbonyl (C=O) groups is 1. The summed E-state index contributed by atoms with van der Waals surface area (Å²) in [6.45, 7) is 1.84. The number of hydrogen-bond donors (Lipinski definition) is 1. The van der Waals surface area contributed by atoms with Crippen LogP contribution >= 0.6 is 0 Å². The average Bonchev–Trinajstić information content (AvgIpc) is 3.00. The summed E-state index contributed by atoms with van der Waals surface area (Å²) >= 11 is 0. The zero-order valence-corrected chi connectivity index (χ0v) is 10.9. The molecule has 1 aromatic heterocycles. The van der Waals surface area contributed by atoms with Gasteiger partial charge in [-0.1, -0.05) is 0 Å². The van der Waals surface area contributed by atoms with E-state index in [1.807, 2.05) is 12.1 Å². The van der Waals surface area contributed by atoms with Crippen LogP contribution in [0.4, 0.5) is 0 Å². The van der Waals surface area contributed by atoms with Crippen LogP contribution in [0.25, 0.3) is 0 Å². The highest BCUT2D eigenvalue weighted by Crippen LogP contribution is 2.30. The Morgan fingerprint density at radius 2 is 2.00 bits per heavy atom. The van der Waals surface area contributed by atoms with Gasteiger partial charge in [0.1, 0.15) is 19.0 Å². The molecule has 0 atom stereocenters. The molecule has 0 spiro atoms. The van der Waals surface area contributed by atoms with Crippen molar-refractivity contribution in [3.8, 4) is 11.5 Å². The molecule has 0 unspecified atom stereocenters. The molecule has 1 N–H and O–H groups in total. The molecule has 20 heavy (non-hydrogen) atoms. The van der Waals surface area contributed by atoms with Crippen molar-refractivity contribution in [1.82, 2.24) is 5.32 Å². The van der Waals surface area contributed by atoms with E-state index >= 15 is 0 Å². The largest absolute Gasteiger partial charge is 0.486 e. The zero-order chi connectivity index (χ0) is 13.8. The SMILES string of the molecule is O=C(CNCc1ccco1)c1ccc2c(c1)OCCO2. The second kappa shape index (κ2) is 5.79. The lowest BCUT2D eigenvalue weighted by molar-refractivity contribution is 0.0989. The zero-order valence-electron chi connectivity index (χ0n) is 10.9. The lowest BCUT2D eigenvalue weighted by Gasteiger charge is -2.18. The maximum absolute atomic E-state index is 12.1. The number of hydrogen-bond acceptors (Lipinski definition) is 5. The van der Waals surface area contributed by atoms with Crippen molar-refractivity contribution in [3.63, 3.8) is 0 Å². The molecule has 104 valence electrons. The molecule has 0 radical (unpaired) electrons. The molecular weight excluding hydrogens is 258 g/mol. The molecule has 1 aliphatic rings. The molecule has 2 heterocycles. The Hall–Kier alpha value is -2.27. The van der Waals surface area contributed by atoms with Gasteiger partial charge in [0.2, 0.25) is 0 Å². The van der Waals surface area contributed by atoms with Crippen LogP contribution in [0.2, 0.25) is 0 Å². The molecule has 0 aliphatic carbocycles. The number of nitrogens with one attached hydrogen (secondary N) is 1. The number of fused-ring (bicyclic) bond motifs is 1. The Balaban J connectivity index is 1.59.